The van der Waals surface area contributed by atoms with E-state index in [0.29, 0.717) is 31.7 Å². The Labute approximate surface area is 171 Å². The van der Waals surface area contributed by atoms with E-state index in [0.717, 1.165) is 34.6 Å². The molecule has 1 amide bonds. The second-order valence-corrected chi connectivity index (χ2v) is 7.33. The van der Waals surface area contributed by atoms with Crippen LogP contribution < -0.4 is 5.32 Å². The maximum Gasteiger partial charge on any atom is 0.416 e. The summed E-state index contributed by atoms with van der Waals surface area (Å²) >= 11 is 0. The topological polar surface area (TPSA) is 63.1 Å². The number of alkyl halides is 3. The number of rotatable bonds is 5. The van der Waals surface area contributed by atoms with Crippen molar-refractivity contribution in [3.05, 3.63) is 82.4 Å². The summed E-state index contributed by atoms with van der Waals surface area (Å²) in [4.78, 5) is 18.9. The molecule has 6 nitrogen and oxygen atoms in total. The second kappa shape index (κ2) is 7.91. The predicted octanol–water partition coefficient (Wildman–Crippen LogP) is 3.28. The highest BCUT2D eigenvalue weighted by molar-refractivity contribution is 5.94. The van der Waals surface area contributed by atoms with Crippen LogP contribution in [0, 0.1) is 0 Å². The molecule has 30 heavy (non-hydrogen) atoms. The van der Waals surface area contributed by atoms with Crippen LogP contribution in [-0.4, -0.2) is 25.6 Å². The normalized spacial score (nSPS) is 14.0. The third-order valence-corrected chi connectivity index (χ3v) is 4.98. The molecule has 1 N–H and O–H groups in total. The van der Waals surface area contributed by atoms with E-state index in [2.05, 4.69) is 20.3 Å². The van der Waals surface area contributed by atoms with Crippen LogP contribution in [-0.2, 0) is 39.4 Å². The molecule has 9 heteroatoms. The van der Waals surface area contributed by atoms with E-state index in [1.54, 1.807) is 10.9 Å². The third-order valence-electron chi connectivity index (χ3n) is 4.98. The molecule has 0 radical (unpaired) electrons. The largest absolute Gasteiger partial charge is 0.416 e. The van der Waals surface area contributed by atoms with Crippen molar-refractivity contribution < 1.29 is 18.0 Å². The Hall–Kier alpha value is -3.20. The molecule has 1 aliphatic heterocycles. The van der Waals surface area contributed by atoms with Crippen LogP contribution >= 0.6 is 0 Å². The molecule has 4 rings (SSSR count). The summed E-state index contributed by atoms with van der Waals surface area (Å²) in [6, 6.07) is 8.84. The molecule has 0 atom stereocenters. The Morgan fingerprint density at radius 2 is 1.93 bits per heavy atom. The van der Waals surface area contributed by atoms with E-state index < -0.39 is 11.7 Å². The van der Waals surface area contributed by atoms with E-state index in [4.69, 9.17) is 0 Å². The molecule has 1 aliphatic rings. The first-order chi connectivity index (χ1) is 14.3. The fourth-order valence-electron chi connectivity index (χ4n) is 3.45. The van der Waals surface area contributed by atoms with Crippen molar-refractivity contribution in [2.45, 2.75) is 32.4 Å². The van der Waals surface area contributed by atoms with Crippen LogP contribution in [0.15, 0.2) is 48.8 Å². The van der Waals surface area contributed by atoms with Crippen LogP contribution in [0.1, 0.15) is 38.4 Å². The number of aryl methyl sites for hydroxylation is 1. The lowest BCUT2D eigenvalue weighted by Gasteiger charge is -2.15. The molecule has 0 saturated carbocycles. The van der Waals surface area contributed by atoms with Crippen molar-refractivity contribution in [2.24, 2.45) is 7.05 Å². The number of carbonyl (C=O) groups is 1. The Balaban J connectivity index is 1.37. The molecule has 0 aliphatic carbocycles. The number of nitrogens with zero attached hydrogens (tertiary/aromatic N) is 4. The first-order valence-electron chi connectivity index (χ1n) is 9.41. The van der Waals surface area contributed by atoms with Gasteiger partial charge in [-0.2, -0.15) is 18.3 Å². The quantitative estimate of drug-likeness (QED) is 0.695. The maximum absolute atomic E-state index is 12.7. The van der Waals surface area contributed by atoms with E-state index in [9.17, 15) is 18.0 Å². The van der Waals surface area contributed by atoms with E-state index in [-0.39, 0.29) is 5.91 Å². The number of pyridine rings is 1. The van der Waals surface area contributed by atoms with Gasteiger partial charge in [-0.3, -0.25) is 19.4 Å². The van der Waals surface area contributed by atoms with Crippen LogP contribution in [0.5, 0.6) is 0 Å². The number of carbonyl (C=O) groups excluding carboxylic acids is 1. The molecule has 0 spiro atoms. The van der Waals surface area contributed by atoms with Crippen LogP contribution in [0.3, 0.4) is 0 Å². The zero-order chi connectivity index (χ0) is 21.3. The maximum atomic E-state index is 12.7. The van der Waals surface area contributed by atoms with Gasteiger partial charge >= 0.3 is 6.18 Å². The van der Waals surface area contributed by atoms with Gasteiger partial charge in [0.25, 0.3) is 5.91 Å². The van der Waals surface area contributed by atoms with E-state index in [1.165, 1.54) is 12.1 Å². The van der Waals surface area contributed by atoms with Gasteiger partial charge in [-0.1, -0.05) is 12.1 Å². The van der Waals surface area contributed by atoms with Gasteiger partial charge in [0, 0.05) is 39.1 Å². The van der Waals surface area contributed by atoms with Crippen LogP contribution in [0.2, 0.25) is 0 Å². The molecule has 3 heterocycles. The number of benzene rings is 1. The van der Waals surface area contributed by atoms with Gasteiger partial charge in [-0.25, -0.2) is 0 Å². The predicted molar refractivity (Wildman–Crippen MR) is 103 cm³/mol. The molecular formula is C21H20F3N5O. The summed E-state index contributed by atoms with van der Waals surface area (Å²) in [6.45, 7) is 2.02. The van der Waals surface area contributed by atoms with E-state index >= 15 is 0 Å². The average molecular weight is 415 g/mol. The fraction of sp³-hybridized carbons (Fsp3) is 0.286. The van der Waals surface area contributed by atoms with Gasteiger partial charge in [0.2, 0.25) is 0 Å². The van der Waals surface area contributed by atoms with Crippen molar-refractivity contribution in [2.75, 3.05) is 0 Å². The van der Waals surface area contributed by atoms with Crippen LogP contribution in [0.4, 0.5) is 13.2 Å². The SMILES string of the molecule is Cn1ccc(CNC(=O)c2cnc3c(c2)CN(Cc2ccc(C(F)(F)F)cc2)C3)n1. The summed E-state index contributed by atoms with van der Waals surface area (Å²) in [7, 11) is 1.81. The summed E-state index contributed by atoms with van der Waals surface area (Å²) in [5, 5.41) is 7.05. The van der Waals surface area contributed by atoms with Crippen molar-refractivity contribution in [1.82, 2.24) is 25.0 Å². The third kappa shape index (κ3) is 4.51. The number of halogens is 3. The molecule has 0 fully saturated rings. The van der Waals surface area contributed by atoms with Gasteiger partial charge in [0.05, 0.1) is 29.1 Å². The second-order valence-electron chi connectivity index (χ2n) is 7.33. The first kappa shape index (κ1) is 20.1. The van der Waals surface area contributed by atoms with Gasteiger partial charge in [-0.15, -0.1) is 0 Å². The summed E-state index contributed by atoms with van der Waals surface area (Å²) in [5.41, 5.74) is 3.21. The molecule has 3 aromatic rings. The van der Waals surface area contributed by atoms with Crippen LogP contribution in [0.25, 0.3) is 0 Å². The minimum Gasteiger partial charge on any atom is -0.346 e. The van der Waals surface area contributed by atoms with Crippen molar-refractivity contribution in [1.29, 1.82) is 0 Å². The Morgan fingerprint density at radius 3 is 2.60 bits per heavy atom. The number of hydrogen-bond donors (Lipinski definition) is 1. The monoisotopic (exact) mass is 415 g/mol. The molecule has 156 valence electrons. The van der Waals surface area contributed by atoms with Gasteiger partial charge in [-0.05, 0) is 35.4 Å². The van der Waals surface area contributed by atoms with E-state index in [1.807, 2.05) is 25.4 Å². The highest BCUT2D eigenvalue weighted by Crippen LogP contribution is 2.30. The lowest BCUT2D eigenvalue weighted by atomic mass is 10.1. The van der Waals surface area contributed by atoms with Gasteiger partial charge in [0.15, 0.2) is 0 Å². The van der Waals surface area contributed by atoms with Gasteiger partial charge < -0.3 is 5.32 Å². The van der Waals surface area contributed by atoms with Crippen molar-refractivity contribution >= 4 is 5.91 Å². The molecule has 0 bridgehead atoms. The number of amides is 1. The molecule has 1 aromatic carbocycles. The molecule has 2 aromatic heterocycles. The van der Waals surface area contributed by atoms with Crippen molar-refractivity contribution in [3.63, 3.8) is 0 Å². The Kier molecular flexibility index (Phi) is 5.29. The van der Waals surface area contributed by atoms with Crippen molar-refractivity contribution in [3.8, 4) is 0 Å². The molecular weight excluding hydrogens is 395 g/mol. The standard InChI is InChI=1S/C21H20F3N5O/c1-28-7-6-18(27-28)10-26-20(30)15-8-16-12-29(13-19(16)25-9-15)11-14-2-4-17(5-3-14)21(22,23)24/h2-9H,10-13H2,1H3,(H,26,30). The molecule has 0 saturated heterocycles. The Morgan fingerprint density at radius 1 is 1.17 bits per heavy atom. The zero-order valence-corrected chi connectivity index (χ0v) is 16.3. The number of hydrogen-bond acceptors (Lipinski definition) is 4. The minimum absolute atomic E-state index is 0.225. The highest BCUT2D eigenvalue weighted by atomic mass is 19.4. The highest BCUT2D eigenvalue weighted by Gasteiger charge is 2.30. The Bertz CT molecular complexity index is 1060. The fourth-order valence-corrected chi connectivity index (χ4v) is 3.45. The zero-order valence-electron chi connectivity index (χ0n) is 16.3. The first-order valence-corrected chi connectivity index (χ1v) is 9.41. The number of fused-ring (bicyclic) bond motifs is 1. The summed E-state index contributed by atoms with van der Waals surface area (Å²) in [6.07, 6.45) is -0.974. The average Bonchev–Trinajstić information content (AvgIpc) is 3.30. The van der Waals surface area contributed by atoms with Gasteiger partial charge in [0.1, 0.15) is 0 Å². The summed E-state index contributed by atoms with van der Waals surface area (Å²) < 4.78 is 39.8. The lowest BCUT2D eigenvalue weighted by molar-refractivity contribution is -0.137. The number of nitrogens with one attached hydrogen (secondary N) is 1. The smallest absolute Gasteiger partial charge is 0.346 e. The lowest BCUT2D eigenvalue weighted by Crippen LogP contribution is -2.23. The summed E-state index contributed by atoms with van der Waals surface area (Å²) in [5.74, 6) is -0.225. The number of aromatic nitrogens is 3. The molecule has 0 unspecified atom stereocenters. The minimum atomic E-state index is -4.33.